The molecule has 1 unspecified atom stereocenters. The zero-order valence-corrected chi connectivity index (χ0v) is 14.1. The van der Waals surface area contributed by atoms with Gasteiger partial charge in [-0.15, -0.1) is 0 Å². The number of likely N-dealkylation sites (N-methyl/N-ethyl adjacent to an activating group) is 1. The van der Waals surface area contributed by atoms with Crippen LogP contribution in [0.5, 0.6) is 0 Å². The van der Waals surface area contributed by atoms with Crippen molar-refractivity contribution in [3.8, 4) is 0 Å². The van der Waals surface area contributed by atoms with Gasteiger partial charge in [-0.1, -0.05) is 6.07 Å². The summed E-state index contributed by atoms with van der Waals surface area (Å²) in [4.78, 5) is 25.6. The molecular formula is C17H20F2N4O2. The minimum Gasteiger partial charge on any atom is -0.347 e. The van der Waals surface area contributed by atoms with Crippen molar-refractivity contribution in [2.45, 2.75) is 24.9 Å². The molecule has 25 heavy (non-hydrogen) atoms. The van der Waals surface area contributed by atoms with E-state index < -0.39 is 30.8 Å². The molecular weight excluding hydrogens is 330 g/mol. The molecule has 2 N–H and O–H groups in total. The standard InChI is InChI=1S/C17H20F2N4O2/c1-22(2)15(24)9-23-6-5-11-3-4-12(7-14(11)23)21-16(25)13-8-17(18,19)10-20-13/h3-7,13,20H,8-10H2,1-2H3,(H,21,25). The van der Waals surface area contributed by atoms with Crippen molar-refractivity contribution >= 4 is 28.4 Å². The van der Waals surface area contributed by atoms with E-state index in [-0.39, 0.29) is 12.5 Å². The number of hydrogen-bond acceptors (Lipinski definition) is 3. The zero-order chi connectivity index (χ0) is 18.2. The number of hydrogen-bond donors (Lipinski definition) is 2. The lowest BCUT2D eigenvalue weighted by Gasteiger charge is -2.13. The Morgan fingerprint density at radius 2 is 2.12 bits per heavy atom. The van der Waals surface area contributed by atoms with Gasteiger partial charge in [0.05, 0.1) is 18.1 Å². The Morgan fingerprint density at radius 1 is 1.36 bits per heavy atom. The molecule has 2 amide bonds. The third-order valence-electron chi connectivity index (χ3n) is 4.27. The number of nitrogens with zero attached hydrogens (tertiary/aromatic N) is 2. The van der Waals surface area contributed by atoms with Gasteiger partial charge in [0.1, 0.15) is 6.54 Å². The number of amides is 2. The molecule has 0 aliphatic carbocycles. The van der Waals surface area contributed by atoms with E-state index in [1.54, 1.807) is 37.0 Å². The molecule has 6 nitrogen and oxygen atoms in total. The largest absolute Gasteiger partial charge is 0.347 e. The van der Waals surface area contributed by atoms with Crippen LogP contribution in [0.1, 0.15) is 6.42 Å². The topological polar surface area (TPSA) is 66.4 Å². The van der Waals surface area contributed by atoms with Crippen LogP contribution in [0.25, 0.3) is 10.9 Å². The highest BCUT2D eigenvalue weighted by Gasteiger charge is 2.42. The van der Waals surface area contributed by atoms with Gasteiger partial charge in [0.15, 0.2) is 0 Å². The van der Waals surface area contributed by atoms with Crippen LogP contribution in [-0.2, 0) is 16.1 Å². The van der Waals surface area contributed by atoms with Gasteiger partial charge in [-0.25, -0.2) is 8.78 Å². The molecule has 1 aromatic heterocycles. The third-order valence-corrected chi connectivity index (χ3v) is 4.27. The Balaban J connectivity index is 1.76. The monoisotopic (exact) mass is 350 g/mol. The highest BCUT2D eigenvalue weighted by atomic mass is 19.3. The van der Waals surface area contributed by atoms with E-state index in [0.717, 1.165) is 10.9 Å². The van der Waals surface area contributed by atoms with Gasteiger partial charge >= 0.3 is 0 Å². The van der Waals surface area contributed by atoms with Crippen LogP contribution in [0.3, 0.4) is 0 Å². The SMILES string of the molecule is CN(C)C(=O)Cn1ccc2ccc(NC(=O)C3CC(F)(F)CN3)cc21. The maximum atomic E-state index is 13.2. The average molecular weight is 350 g/mol. The number of anilines is 1. The fraction of sp³-hybridized carbons (Fsp3) is 0.412. The van der Waals surface area contributed by atoms with E-state index in [0.29, 0.717) is 5.69 Å². The summed E-state index contributed by atoms with van der Waals surface area (Å²) in [5, 5.41) is 6.12. The summed E-state index contributed by atoms with van der Waals surface area (Å²) in [6.07, 6.45) is 1.30. The summed E-state index contributed by atoms with van der Waals surface area (Å²) in [5.41, 5.74) is 1.30. The second-order valence-electron chi connectivity index (χ2n) is 6.49. The number of rotatable bonds is 4. The molecule has 2 heterocycles. The van der Waals surface area contributed by atoms with Gasteiger partial charge in [-0.2, -0.15) is 0 Å². The Bertz CT molecular complexity index is 816. The number of carbonyl (C=O) groups is 2. The van der Waals surface area contributed by atoms with Crippen molar-refractivity contribution in [2.24, 2.45) is 0 Å². The first-order chi connectivity index (χ1) is 11.7. The molecule has 1 fully saturated rings. The van der Waals surface area contributed by atoms with Crippen LogP contribution in [-0.4, -0.2) is 53.9 Å². The molecule has 0 radical (unpaired) electrons. The van der Waals surface area contributed by atoms with E-state index in [9.17, 15) is 18.4 Å². The molecule has 1 aliphatic heterocycles. The maximum Gasteiger partial charge on any atom is 0.262 e. The fourth-order valence-corrected chi connectivity index (χ4v) is 2.82. The lowest BCUT2D eigenvalue weighted by molar-refractivity contribution is -0.129. The van der Waals surface area contributed by atoms with Gasteiger partial charge in [0, 0.05) is 32.4 Å². The van der Waals surface area contributed by atoms with E-state index in [2.05, 4.69) is 10.6 Å². The first-order valence-corrected chi connectivity index (χ1v) is 7.96. The molecule has 0 bridgehead atoms. The minimum atomic E-state index is -2.85. The summed E-state index contributed by atoms with van der Waals surface area (Å²) in [6.45, 7) is -0.302. The van der Waals surface area contributed by atoms with Crippen molar-refractivity contribution < 1.29 is 18.4 Å². The van der Waals surface area contributed by atoms with Crippen molar-refractivity contribution in [1.82, 2.24) is 14.8 Å². The number of aromatic nitrogens is 1. The summed E-state index contributed by atoms with van der Waals surface area (Å²) >= 11 is 0. The van der Waals surface area contributed by atoms with Crippen molar-refractivity contribution in [2.75, 3.05) is 26.0 Å². The van der Waals surface area contributed by atoms with Crippen molar-refractivity contribution in [3.05, 3.63) is 30.5 Å². The highest BCUT2D eigenvalue weighted by Crippen LogP contribution is 2.26. The number of benzene rings is 1. The highest BCUT2D eigenvalue weighted by molar-refractivity contribution is 5.97. The summed E-state index contributed by atoms with van der Waals surface area (Å²) < 4.78 is 28.2. The molecule has 1 aliphatic rings. The molecule has 0 saturated carbocycles. The zero-order valence-electron chi connectivity index (χ0n) is 14.1. The van der Waals surface area contributed by atoms with Crippen LogP contribution in [0.2, 0.25) is 0 Å². The van der Waals surface area contributed by atoms with Gasteiger partial charge in [-0.3, -0.25) is 14.9 Å². The second-order valence-corrected chi connectivity index (χ2v) is 6.49. The van der Waals surface area contributed by atoms with Crippen molar-refractivity contribution in [1.29, 1.82) is 0 Å². The second kappa shape index (κ2) is 6.44. The van der Waals surface area contributed by atoms with Crippen LogP contribution in [0.15, 0.2) is 30.5 Å². The number of nitrogens with one attached hydrogen (secondary N) is 2. The molecule has 1 atom stereocenters. The maximum absolute atomic E-state index is 13.2. The molecule has 8 heteroatoms. The predicted molar refractivity (Wildman–Crippen MR) is 90.6 cm³/mol. The van der Waals surface area contributed by atoms with E-state index in [1.165, 1.54) is 4.90 Å². The average Bonchev–Trinajstić information content (AvgIpc) is 3.10. The molecule has 0 spiro atoms. The predicted octanol–water partition coefficient (Wildman–Crippen LogP) is 1.67. The quantitative estimate of drug-likeness (QED) is 0.881. The van der Waals surface area contributed by atoms with Gasteiger partial charge in [-0.05, 0) is 23.6 Å². The first kappa shape index (κ1) is 17.3. The molecule has 3 rings (SSSR count). The summed E-state index contributed by atoms with van der Waals surface area (Å²) in [7, 11) is 3.37. The van der Waals surface area contributed by atoms with Crippen molar-refractivity contribution in [3.63, 3.8) is 0 Å². The Hall–Kier alpha value is -2.48. The van der Waals surface area contributed by atoms with Gasteiger partial charge in [0.2, 0.25) is 11.8 Å². The molecule has 1 aromatic carbocycles. The van der Waals surface area contributed by atoms with E-state index in [1.807, 2.05) is 12.1 Å². The number of halogens is 2. The van der Waals surface area contributed by atoms with Gasteiger partial charge in [0.25, 0.3) is 5.92 Å². The van der Waals surface area contributed by atoms with E-state index in [4.69, 9.17) is 0 Å². The summed E-state index contributed by atoms with van der Waals surface area (Å²) in [6, 6.07) is 6.24. The van der Waals surface area contributed by atoms with Crippen LogP contribution in [0, 0.1) is 0 Å². The Kier molecular flexibility index (Phi) is 4.47. The lowest BCUT2D eigenvalue weighted by Crippen LogP contribution is -2.35. The smallest absolute Gasteiger partial charge is 0.262 e. The number of carbonyl (C=O) groups excluding carboxylic acids is 2. The van der Waals surface area contributed by atoms with Crippen LogP contribution >= 0.6 is 0 Å². The number of alkyl halides is 2. The molecule has 134 valence electrons. The third kappa shape index (κ3) is 3.79. The summed E-state index contributed by atoms with van der Waals surface area (Å²) in [5.74, 6) is -3.39. The number of fused-ring (bicyclic) bond motifs is 1. The fourth-order valence-electron chi connectivity index (χ4n) is 2.82. The molecule has 1 saturated heterocycles. The first-order valence-electron chi connectivity index (χ1n) is 7.96. The Morgan fingerprint density at radius 3 is 2.76 bits per heavy atom. The Labute approximate surface area is 143 Å². The normalized spacial score (nSPS) is 19.1. The van der Waals surface area contributed by atoms with E-state index >= 15 is 0 Å². The molecule has 2 aromatic rings. The minimum absolute atomic E-state index is 0.0516. The van der Waals surface area contributed by atoms with Crippen LogP contribution < -0.4 is 10.6 Å². The van der Waals surface area contributed by atoms with Crippen LogP contribution in [0.4, 0.5) is 14.5 Å². The lowest BCUT2D eigenvalue weighted by atomic mass is 10.1. The van der Waals surface area contributed by atoms with Gasteiger partial charge < -0.3 is 14.8 Å².